The number of amides is 2. The SMILES string of the molecule is COc1c(NC(=O)Nc2ccc(Oc3ccnc(CN4CC[C@@H](O)C4)c3)c3ccccc23)cc(C(C)(C)C)cc1NS(C)(=O)=O. The van der Waals surface area contributed by atoms with Gasteiger partial charge in [-0.1, -0.05) is 45.0 Å². The van der Waals surface area contributed by atoms with Gasteiger partial charge in [0.1, 0.15) is 11.5 Å². The van der Waals surface area contributed by atoms with Gasteiger partial charge in [0.15, 0.2) is 5.75 Å². The average Bonchev–Trinajstić information content (AvgIpc) is 3.37. The highest BCUT2D eigenvalue weighted by Crippen LogP contribution is 2.40. The number of ether oxygens (including phenoxy) is 2. The number of sulfonamides is 1. The van der Waals surface area contributed by atoms with Crippen molar-refractivity contribution in [1.29, 1.82) is 0 Å². The van der Waals surface area contributed by atoms with Crippen LogP contribution in [0.3, 0.4) is 0 Å². The molecule has 1 aliphatic heterocycles. The van der Waals surface area contributed by atoms with E-state index in [0.29, 0.717) is 36.0 Å². The summed E-state index contributed by atoms with van der Waals surface area (Å²) in [6.45, 7) is 8.06. The van der Waals surface area contributed by atoms with Gasteiger partial charge in [0, 0.05) is 42.7 Å². The Labute approximate surface area is 263 Å². The number of carbonyl (C=O) groups excluding carboxylic acids is 1. The van der Waals surface area contributed by atoms with Crippen molar-refractivity contribution < 1.29 is 27.8 Å². The van der Waals surface area contributed by atoms with Crippen LogP contribution in [-0.4, -0.2) is 62.0 Å². The number of methoxy groups -OCH3 is 1. The number of aromatic nitrogens is 1. The summed E-state index contributed by atoms with van der Waals surface area (Å²) >= 11 is 0. The van der Waals surface area contributed by atoms with Crippen molar-refractivity contribution in [3.63, 3.8) is 0 Å². The minimum Gasteiger partial charge on any atom is -0.492 e. The molecule has 0 saturated carbocycles. The Morgan fingerprint density at radius 3 is 2.40 bits per heavy atom. The van der Waals surface area contributed by atoms with Crippen LogP contribution in [0.1, 0.15) is 38.4 Å². The number of likely N-dealkylation sites (tertiary alicyclic amines) is 1. The van der Waals surface area contributed by atoms with Crippen molar-refractivity contribution in [3.8, 4) is 17.2 Å². The maximum atomic E-state index is 13.4. The third-order valence-corrected chi connectivity index (χ3v) is 8.07. The van der Waals surface area contributed by atoms with E-state index in [2.05, 4.69) is 25.2 Å². The Hall–Kier alpha value is -4.39. The van der Waals surface area contributed by atoms with Crippen LogP contribution in [0, 0.1) is 0 Å². The third-order valence-electron chi connectivity index (χ3n) is 7.48. The van der Waals surface area contributed by atoms with E-state index < -0.39 is 16.1 Å². The van der Waals surface area contributed by atoms with Gasteiger partial charge in [-0.15, -0.1) is 0 Å². The van der Waals surface area contributed by atoms with Crippen LogP contribution in [0.15, 0.2) is 66.9 Å². The molecule has 238 valence electrons. The molecular weight excluding hydrogens is 594 g/mol. The van der Waals surface area contributed by atoms with Crippen LogP contribution in [-0.2, 0) is 22.0 Å². The van der Waals surface area contributed by atoms with Crippen molar-refractivity contribution in [2.24, 2.45) is 0 Å². The van der Waals surface area contributed by atoms with E-state index in [-0.39, 0.29) is 23.0 Å². The largest absolute Gasteiger partial charge is 0.492 e. The Bertz CT molecular complexity index is 1820. The van der Waals surface area contributed by atoms with Crippen LogP contribution >= 0.6 is 0 Å². The predicted molar refractivity (Wildman–Crippen MR) is 177 cm³/mol. The first-order valence-corrected chi connectivity index (χ1v) is 16.5. The zero-order valence-corrected chi connectivity index (χ0v) is 26.9. The topological polar surface area (TPSA) is 142 Å². The molecule has 0 bridgehead atoms. The van der Waals surface area contributed by atoms with Crippen LogP contribution in [0.5, 0.6) is 17.2 Å². The average molecular weight is 634 g/mol. The van der Waals surface area contributed by atoms with Crippen LogP contribution < -0.4 is 24.8 Å². The summed E-state index contributed by atoms with van der Waals surface area (Å²) in [5.74, 6) is 1.43. The van der Waals surface area contributed by atoms with Crippen molar-refractivity contribution in [2.75, 3.05) is 41.8 Å². The van der Waals surface area contributed by atoms with Gasteiger partial charge >= 0.3 is 6.03 Å². The standard InChI is InChI=1S/C33H39N5O6S/c1-33(2,3)21-16-28(31(43-4)29(17-21)37-45(5,41)42)36-32(40)35-27-10-11-30(26-9-7-6-8-25(26)27)44-24-12-14-34-22(18-24)19-38-15-13-23(39)20-38/h6-12,14,16-18,23,37,39H,13,15,19-20H2,1-5H3,(H2,35,36,40)/t23-/m1/s1. The molecule has 2 heterocycles. The van der Waals surface area contributed by atoms with E-state index in [1.165, 1.54) is 7.11 Å². The highest BCUT2D eigenvalue weighted by molar-refractivity contribution is 7.92. The number of hydrogen-bond acceptors (Lipinski definition) is 8. The molecule has 0 unspecified atom stereocenters. The number of nitrogens with one attached hydrogen (secondary N) is 3. The van der Waals surface area contributed by atoms with Crippen molar-refractivity contribution in [1.82, 2.24) is 9.88 Å². The van der Waals surface area contributed by atoms with Crippen molar-refractivity contribution in [3.05, 3.63) is 78.1 Å². The molecule has 0 aliphatic carbocycles. The molecule has 45 heavy (non-hydrogen) atoms. The molecule has 4 N–H and O–H groups in total. The number of rotatable bonds is 9. The number of β-amino-alcohol motifs (C(OH)–C–C–N with tert-alkyl or cyclic N) is 1. The number of nitrogens with zero attached hydrogens (tertiary/aromatic N) is 2. The van der Waals surface area contributed by atoms with E-state index >= 15 is 0 Å². The number of urea groups is 1. The van der Waals surface area contributed by atoms with Gasteiger partial charge in [-0.25, -0.2) is 13.2 Å². The quantitative estimate of drug-likeness (QED) is 0.178. The summed E-state index contributed by atoms with van der Waals surface area (Å²) in [5.41, 5.74) is 2.40. The van der Waals surface area contributed by atoms with Gasteiger partial charge in [-0.2, -0.15) is 0 Å². The molecule has 11 nitrogen and oxygen atoms in total. The molecule has 3 aromatic carbocycles. The van der Waals surface area contributed by atoms with Crippen LogP contribution in [0.2, 0.25) is 0 Å². The zero-order chi connectivity index (χ0) is 32.4. The molecule has 4 aromatic rings. The number of carbonyl (C=O) groups is 1. The van der Waals surface area contributed by atoms with Gasteiger partial charge in [-0.3, -0.25) is 14.6 Å². The number of anilines is 3. The Morgan fingerprint density at radius 1 is 1.02 bits per heavy atom. The first-order chi connectivity index (χ1) is 21.3. The van der Waals surface area contributed by atoms with Crippen molar-refractivity contribution >= 4 is 43.9 Å². The molecule has 0 radical (unpaired) electrons. The minimum absolute atomic E-state index is 0.190. The molecule has 5 rings (SSSR count). The van der Waals surface area contributed by atoms with Gasteiger partial charge in [-0.05, 0) is 47.7 Å². The Morgan fingerprint density at radius 2 is 1.73 bits per heavy atom. The van der Waals surface area contributed by atoms with Crippen LogP contribution in [0.4, 0.5) is 21.9 Å². The molecule has 1 fully saturated rings. The lowest BCUT2D eigenvalue weighted by molar-refractivity contribution is 0.174. The Balaban J connectivity index is 1.38. The summed E-state index contributed by atoms with van der Waals surface area (Å²) in [5, 5.41) is 17.2. The lowest BCUT2D eigenvalue weighted by Gasteiger charge is -2.24. The zero-order valence-electron chi connectivity index (χ0n) is 26.0. The van der Waals surface area contributed by atoms with E-state index in [4.69, 9.17) is 9.47 Å². The van der Waals surface area contributed by atoms with E-state index in [0.717, 1.165) is 41.3 Å². The maximum Gasteiger partial charge on any atom is 0.323 e. The lowest BCUT2D eigenvalue weighted by atomic mass is 9.86. The maximum absolute atomic E-state index is 13.4. The molecule has 1 aliphatic rings. The number of aliphatic hydroxyl groups excluding tert-OH is 1. The second-order valence-corrected chi connectivity index (χ2v) is 14.0. The van der Waals surface area contributed by atoms with E-state index in [1.54, 1.807) is 36.5 Å². The van der Waals surface area contributed by atoms with Crippen molar-refractivity contribution in [2.45, 2.75) is 45.3 Å². The third kappa shape index (κ3) is 8.01. The van der Waals surface area contributed by atoms with Gasteiger partial charge in [0.2, 0.25) is 10.0 Å². The molecule has 2 amide bonds. The molecule has 0 spiro atoms. The summed E-state index contributed by atoms with van der Waals surface area (Å²) in [7, 11) is -2.20. The van der Waals surface area contributed by atoms with Crippen LogP contribution in [0.25, 0.3) is 10.8 Å². The minimum atomic E-state index is -3.61. The van der Waals surface area contributed by atoms with E-state index in [9.17, 15) is 18.3 Å². The number of pyridine rings is 1. The first-order valence-electron chi connectivity index (χ1n) is 14.6. The second kappa shape index (κ2) is 12.9. The summed E-state index contributed by atoms with van der Waals surface area (Å²) in [6.07, 6.45) is 3.23. The second-order valence-electron chi connectivity index (χ2n) is 12.2. The number of benzene rings is 3. The first kappa shape index (κ1) is 32.0. The number of aliphatic hydroxyl groups is 1. The van der Waals surface area contributed by atoms with Gasteiger partial charge in [0.25, 0.3) is 0 Å². The van der Waals surface area contributed by atoms with Gasteiger partial charge in [0.05, 0.1) is 42.2 Å². The summed E-state index contributed by atoms with van der Waals surface area (Å²) in [6, 6.07) is 17.8. The van der Waals surface area contributed by atoms with E-state index in [1.807, 2.05) is 51.1 Å². The van der Waals surface area contributed by atoms with Gasteiger partial charge < -0.3 is 25.2 Å². The fraction of sp³-hybridized carbons (Fsp3) is 0.333. The molecule has 1 saturated heterocycles. The summed E-state index contributed by atoms with van der Waals surface area (Å²) < 4.78 is 38.5. The fourth-order valence-corrected chi connectivity index (χ4v) is 5.86. The molecule has 12 heteroatoms. The molecule has 1 aromatic heterocycles. The number of fused-ring (bicyclic) bond motifs is 1. The number of hydrogen-bond donors (Lipinski definition) is 4. The Kier molecular flexibility index (Phi) is 9.19. The molecule has 1 atom stereocenters. The highest BCUT2D eigenvalue weighted by atomic mass is 32.2. The predicted octanol–water partition coefficient (Wildman–Crippen LogP) is 5.92. The molecular formula is C33H39N5O6S. The summed E-state index contributed by atoms with van der Waals surface area (Å²) in [4.78, 5) is 20.0. The normalized spacial score (nSPS) is 15.6. The smallest absolute Gasteiger partial charge is 0.323 e. The fourth-order valence-electron chi connectivity index (χ4n) is 5.31. The monoisotopic (exact) mass is 633 g/mol. The lowest BCUT2D eigenvalue weighted by Crippen LogP contribution is -2.22. The highest BCUT2D eigenvalue weighted by Gasteiger charge is 2.23.